The van der Waals surface area contributed by atoms with E-state index in [1.807, 2.05) is 45.0 Å². The highest BCUT2D eigenvalue weighted by molar-refractivity contribution is 7.86. The lowest BCUT2D eigenvalue weighted by Gasteiger charge is -2.29. The number of rotatable bonds is 7. The molecule has 7 heteroatoms. The predicted molar refractivity (Wildman–Crippen MR) is 107 cm³/mol. The third kappa shape index (κ3) is 6.60. The minimum atomic E-state index is -3.56. The van der Waals surface area contributed by atoms with E-state index in [1.165, 1.54) is 0 Å². The first kappa shape index (κ1) is 20.8. The Hall–Kier alpha value is -2.54. The van der Waals surface area contributed by atoms with E-state index >= 15 is 0 Å². The number of carbonyl (C=O) groups is 1. The Bertz CT molecular complexity index is 879. The van der Waals surface area contributed by atoms with Crippen molar-refractivity contribution in [3.05, 3.63) is 59.7 Å². The van der Waals surface area contributed by atoms with Crippen LogP contribution < -0.4 is 9.50 Å². The third-order valence-electron chi connectivity index (χ3n) is 4.18. The van der Waals surface area contributed by atoms with Crippen molar-refractivity contribution < 1.29 is 17.4 Å². The van der Waals surface area contributed by atoms with Gasteiger partial charge in [0.05, 0.1) is 6.26 Å². The Morgan fingerprint density at radius 2 is 1.85 bits per heavy atom. The highest BCUT2D eigenvalue weighted by Crippen LogP contribution is 2.18. The second kappa shape index (κ2) is 8.90. The van der Waals surface area contributed by atoms with Crippen molar-refractivity contribution in [2.75, 3.05) is 11.6 Å². The number of nitrogens with zero attached hydrogens (tertiary/aromatic N) is 1. The zero-order chi connectivity index (χ0) is 20.0. The summed E-state index contributed by atoms with van der Waals surface area (Å²) in [7, 11) is -3.56. The Balaban J connectivity index is 2.13. The van der Waals surface area contributed by atoms with Gasteiger partial charge in [-0.05, 0) is 55.7 Å². The standard InChI is InChI=1S/C20H26N2O4S/c1-5-16(3)22(20(23)21-18-8-6-7-15(2)13-18)14-17-9-11-19(12-10-17)26-27(4,24)25/h6-13,16H,5,14H2,1-4H3,(H,21,23). The van der Waals surface area contributed by atoms with Gasteiger partial charge in [-0.2, -0.15) is 8.42 Å². The number of benzene rings is 2. The van der Waals surface area contributed by atoms with Crippen LogP contribution in [0.1, 0.15) is 31.4 Å². The van der Waals surface area contributed by atoms with Crippen molar-refractivity contribution in [2.24, 2.45) is 0 Å². The molecule has 27 heavy (non-hydrogen) atoms. The molecule has 0 aliphatic rings. The lowest BCUT2D eigenvalue weighted by molar-refractivity contribution is 0.187. The molecule has 2 aromatic carbocycles. The summed E-state index contributed by atoms with van der Waals surface area (Å²) in [6.45, 7) is 6.41. The van der Waals surface area contributed by atoms with Crippen molar-refractivity contribution in [3.63, 3.8) is 0 Å². The highest BCUT2D eigenvalue weighted by atomic mass is 32.2. The summed E-state index contributed by atoms with van der Waals surface area (Å²) >= 11 is 0. The van der Waals surface area contributed by atoms with Crippen LogP contribution in [-0.4, -0.2) is 31.6 Å². The zero-order valence-corrected chi connectivity index (χ0v) is 16.9. The van der Waals surface area contributed by atoms with Crippen LogP contribution in [0.3, 0.4) is 0 Å². The maximum Gasteiger partial charge on any atom is 0.322 e. The first-order valence-electron chi connectivity index (χ1n) is 8.80. The van der Waals surface area contributed by atoms with Crippen LogP contribution in [0.5, 0.6) is 5.75 Å². The van der Waals surface area contributed by atoms with Crippen molar-refractivity contribution in [3.8, 4) is 5.75 Å². The second-order valence-corrected chi connectivity index (χ2v) is 8.19. The molecule has 146 valence electrons. The number of carbonyl (C=O) groups excluding carboxylic acids is 1. The quantitative estimate of drug-likeness (QED) is 0.720. The van der Waals surface area contributed by atoms with Crippen LogP contribution in [0.4, 0.5) is 10.5 Å². The Labute approximate surface area is 161 Å². The Kier molecular flexibility index (Phi) is 6.85. The van der Waals surface area contributed by atoms with E-state index in [-0.39, 0.29) is 17.8 Å². The van der Waals surface area contributed by atoms with Crippen LogP contribution in [0.25, 0.3) is 0 Å². The summed E-state index contributed by atoms with van der Waals surface area (Å²) in [6.07, 6.45) is 1.82. The summed E-state index contributed by atoms with van der Waals surface area (Å²) in [5.41, 5.74) is 2.71. The van der Waals surface area contributed by atoms with Crippen LogP contribution in [0, 0.1) is 6.92 Å². The molecule has 0 saturated heterocycles. The van der Waals surface area contributed by atoms with Crippen molar-refractivity contribution >= 4 is 21.8 Å². The first-order valence-corrected chi connectivity index (χ1v) is 10.6. The second-order valence-electron chi connectivity index (χ2n) is 6.62. The molecule has 2 amide bonds. The molecule has 0 spiro atoms. The number of aryl methyl sites for hydroxylation is 1. The fraction of sp³-hybridized carbons (Fsp3) is 0.350. The van der Waals surface area contributed by atoms with Crippen LogP contribution in [0.15, 0.2) is 48.5 Å². The van der Waals surface area contributed by atoms with Gasteiger partial charge in [0.25, 0.3) is 0 Å². The van der Waals surface area contributed by atoms with Crippen LogP contribution in [-0.2, 0) is 16.7 Å². The average molecular weight is 391 g/mol. The van der Waals surface area contributed by atoms with Crippen LogP contribution >= 0.6 is 0 Å². The number of amides is 2. The molecule has 0 radical (unpaired) electrons. The molecule has 1 atom stereocenters. The Morgan fingerprint density at radius 1 is 1.19 bits per heavy atom. The molecular weight excluding hydrogens is 364 g/mol. The summed E-state index contributed by atoms with van der Waals surface area (Å²) in [4.78, 5) is 14.6. The van der Waals surface area contributed by atoms with Gasteiger partial charge >= 0.3 is 16.1 Å². The topological polar surface area (TPSA) is 75.7 Å². The molecule has 0 heterocycles. The first-order chi connectivity index (χ1) is 12.7. The lowest BCUT2D eigenvalue weighted by Crippen LogP contribution is -2.40. The number of urea groups is 1. The van der Waals surface area contributed by atoms with E-state index in [9.17, 15) is 13.2 Å². The molecule has 0 aliphatic carbocycles. The molecule has 0 fully saturated rings. The summed E-state index contributed by atoms with van der Waals surface area (Å²) in [5, 5.41) is 2.94. The van der Waals surface area contributed by atoms with Crippen LogP contribution in [0.2, 0.25) is 0 Å². The summed E-state index contributed by atoms with van der Waals surface area (Å²) < 4.78 is 27.2. The van der Waals surface area contributed by atoms with Gasteiger partial charge in [-0.25, -0.2) is 4.79 Å². The highest BCUT2D eigenvalue weighted by Gasteiger charge is 2.19. The van der Waals surface area contributed by atoms with E-state index in [0.717, 1.165) is 29.5 Å². The van der Waals surface area contributed by atoms with Gasteiger partial charge in [0.2, 0.25) is 0 Å². The summed E-state index contributed by atoms with van der Waals surface area (Å²) in [5.74, 6) is 0.251. The van der Waals surface area contributed by atoms with Gasteiger partial charge in [-0.1, -0.05) is 31.2 Å². The molecule has 0 saturated carbocycles. The average Bonchev–Trinajstić information content (AvgIpc) is 2.59. The molecule has 0 aromatic heterocycles. The fourth-order valence-electron chi connectivity index (χ4n) is 2.59. The monoisotopic (exact) mass is 390 g/mol. The van der Waals surface area contributed by atoms with Crippen molar-refractivity contribution in [1.29, 1.82) is 0 Å². The third-order valence-corrected chi connectivity index (χ3v) is 4.67. The van der Waals surface area contributed by atoms with Gasteiger partial charge in [0.15, 0.2) is 0 Å². The van der Waals surface area contributed by atoms with Gasteiger partial charge in [0.1, 0.15) is 5.75 Å². The number of nitrogens with one attached hydrogen (secondary N) is 1. The molecule has 6 nitrogen and oxygen atoms in total. The largest absolute Gasteiger partial charge is 0.383 e. The van der Waals surface area contributed by atoms with Gasteiger partial charge in [-0.15, -0.1) is 0 Å². The van der Waals surface area contributed by atoms with E-state index in [0.29, 0.717) is 6.54 Å². The predicted octanol–water partition coefficient (Wildman–Crippen LogP) is 4.17. The van der Waals surface area contributed by atoms with E-state index in [4.69, 9.17) is 4.18 Å². The van der Waals surface area contributed by atoms with Crippen molar-refractivity contribution in [2.45, 2.75) is 39.8 Å². The van der Waals surface area contributed by atoms with Crippen molar-refractivity contribution in [1.82, 2.24) is 4.90 Å². The van der Waals surface area contributed by atoms with E-state index < -0.39 is 10.1 Å². The lowest BCUT2D eigenvalue weighted by atomic mass is 10.1. The van der Waals surface area contributed by atoms with Gasteiger partial charge < -0.3 is 14.4 Å². The van der Waals surface area contributed by atoms with Gasteiger partial charge in [-0.3, -0.25) is 0 Å². The maximum atomic E-state index is 12.8. The maximum absolute atomic E-state index is 12.8. The van der Waals surface area contributed by atoms with Gasteiger partial charge in [0, 0.05) is 18.3 Å². The molecule has 2 aromatic rings. The fourth-order valence-corrected chi connectivity index (χ4v) is 3.05. The molecule has 0 aliphatic heterocycles. The number of hydrogen-bond acceptors (Lipinski definition) is 4. The summed E-state index contributed by atoms with van der Waals surface area (Å²) in [6, 6.07) is 14.2. The Morgan fingerprint density at radius 3 is 2.41 bits per heavy atom. The number of hydrogen-bond donors (Lipinski definition) is 1. The minimum absolute atomic E-state index is 0.0433. The van der Waals surface area contributed by atoms with E-state index in [1.54, 1.807) is 29.2 Å². The molecule has 0 bridgehead atoms. The molecule has 2 rings (SSSR count). The molecular formula is C20H26N2O4S. The molecule has 1 unspecified atom stereocenters. The normalized spacial score (nSPS) is 12.3. The number of anilines is 1. The zero-order valence-electron chi connectivity index (χ0n) is 16.1. The van der Waals surface area contributed by atoms with E-state index in [2.05, 4.69) is 5.32 Å². The smallest absolute Gasteiger partial charge is 0.322 e. The minimum Gasteiger partial charge on any atom is -0.383 e. The molecule has 1 N–H and O–H groups in total. The SMILES string of the molecule is CCC(C)N(Cc1ccc(OS(C)(=O)=O)cc1)C(=O)Nc1cccc(C)c1.